The van der Waals surface area contributed by atoms with Crippen molar-refractivity contribution in [1.82, 2.24) is 14.1 Å². The van der Waals surface area contributed by atoms with Crippen LogP contribution in [0.15, 0.2) is 29.2 Å². The van der Waals surface area contributed by atoms with Crippen LogP contribution in [0.5, 0.6) is 0 Å². The van der Waals surface area contributed by atoms with Gasteiger partial charge in [-0.3, -0.25) is 9.48 Å². The van der Waals surface area contributed by atoms with Gasteiger partial charge < -0.3 is 5.32 Å². The number of anilines is 1. The second kappa shape index (κ2) is 8.87. The van der Waals surface area contributed by atoms with Gasteiger partial charge in [0.1, 0.15) is 0 Å². The molecule has 8 heteroatoms. The maximum atomic E-state index is 12.4. The Morgan fingerprint density at radius 1 is 1.25 bits per heavy atom. The molecule has 0 radical (unpaired) electrons. The van der Waals surface area contributed by atoms with Gasteiger partial charge in [0.25, 0.3) is 0 Å². The number of amides is 1. The molecule has 0 atom stereocenters. The van der Waals surface area contributed by atoms with Gasteiger partial charge in [-0.1, -0.05) is 19.9 Å². The molecular formula is C20H30N4O3S. The zero-order chi connectivity index (χ0) is 21.1. The summed E-state index contributed by atoms with van der Waals surface area (Å²) in [6.07, 6.45) is 0.900. The summed E-state index contributed by atoms with van der Waals surface area (Å²) >= 11 is 0. The number of carbonyl (C=O) groups excluding carboxylic acids is 1. The van der Waals surface area contributed by atoms with Crippen molar-refractivity contribution in [2.75, 3.05) is 19.4 Å². The standard InChI is InChI=1S/C20H30N4O3S/c1-14(2)13-24-16(4)19(15(3)22-24)10-11-20(25)21-17-8-7-9-18(12-17)28(26,27)23(5)6/h7-9,12,14H,10-11,13H2,1-6H3,(H,21,25). The van der Waals surface area contributed by atoms with Crippen molar-refractivity contribution in [3.8, 4) is 0 Å². The maximum Gasteiger partial charge on any atom is 0.242 e. The van der Waals surface area contributed by atoms with Gasteiger partial charge in [0.2, 0.25) is 15.9 Å². The van der Waals surface area contributed by atoms with Crippen LogP contribution in [0.4, 0.5) is 5.69 Å². The van der Waals surface area contributed by atoms with Crippen molar-refractivity contribution in [3.05, 3.63) is 41.2 Å². The van der Waals surface area contributed by atoms with Crippen LogP contribution >= 0.6 is 0 Å². The third kappa shape index (κ3) is 5.20. The number of nitrogens with zero attached hydrogens (tertiary/aromatic N) is 3. The Hall–Kier alpha value is -2.19. The Kier molecular flexibility index (Phi) is 7.01. The van der Waals surface area contributed by atoms with E-state index in [1.807, 2.05) is 18.5 Å². The molecule has 0 aliphatic carbocycles. The summed E-state index contributed by atoms with van der Waals surface area (Å²) in [6.45, 7) is 9.15. The molecule has 1 amide bonds. The minimum Gasteiger partial charge on any atom is -0.326 e. The molecule has 1 aromatic carbocycles. The quantitative estimate of drug-likeness (QED) is 0.730. The minimum atomic E-state index is -3.54. The highest BCUT2D eigenvalue weighted by Crippen LogP contribution is 2.19. The van der Waals surface area contributed by atoms with Gasteiger partial charge in [0.15, 0.2) is 0 Å². The Bertz CT molecular complexity index is 946. The number of hydrogen-bond acceptors (Lipinski definition) is 4. The second-order valence-electron chi connectivity index (χ2n) is 7.59. The minimum absolute atomic E-state index is 0.150. The summed E-state index contributed by atoms with van der Waals surface area (Å²) in [5.74, 6) is 0.342. The fourth-order valence-corrected chi connectivity index (χ4v) is 3.97. The average Bonchev–Trinajstić information content (AvgIpc) is 2.86. The van der Waals surface area contributed by atoms with E-state index in [-0.39, 0.29) is 10.8 Å². The molecule has 2 aromatic rings. The molecule has 0 aliphatic heterocycles. The lowest BCUT2D eigenvalue weighted by Crippen LogP contribution is -2.22. The molecule has 7 nitrogen and oxygen atoms in total. The molecule has 1 N–H and O–H groups in total. The number of aryl methyl sites for hydroxylation is 1. The fraction of sp³-hybridized carbons (Fsp3) is 0.500. The molecule has 2 rings (SSSR count). The monoisotopic (exact) mass is 406 g/mol. The van der Waals surface area contributed by atoms with E-state index in [1.165, 1.54) is 26.2 Å². The molecule has 0 fully saturated rings. The van der Waals surface area contributed by atoms with E-state index in [0.717, 1.165) is 27.8 Å². The van der Waals surface area contributed by atoms with Crippen LogP contribution in [0.3, 0.4) is 0 Å². The first-order chi connectivity index (χ1) is 13.0. The topological polar surface area (TPSA) is 84.3 Å². The van der Waals surface area contributed by atoms with E-state index in [2.05, 4.69) is 24.3 Å². The Morgan fingerprint density at radius 3 is 2.54 bits per heavy atom. The molecular weight excluding hydrogens is 376 g/mol. The highest BCUT2D eigenvalue weighted by atomic mass is 32.2. The maximum absolute atomic E-state index is 12.4. The molecule has 0 bridgehead atoms. The van der Waals surface area contributed by atoms with Gasteiger partial charge in [-0.2, -0.15) is 5.10 Å². The molecule has 0 saturated heterocycles. The van der Waals surface area contributed by atoms with E-state index in [1.54, 1.807) is 12.1 Å². The van der Waals surface area contributed by atoms with E-state index in [9.17, 15) is 13.2 Å². The van der Waals surface area contributed by atoms with Crippen LogP contribution in [0.25, 0.3) is 0 Å². The number of sulfonamides is 1. The number of benzene rings is 1. The summed E-state index contributed by atoms with van der Waals surface area (Å²) in [6, 6.07) is 6.30. The van der Waals surface area contributed by atoms with Crippen LogP contribution in [0.2, 0.25) is 0 Å². The Morgan fingerprint density at radius 2 is 1.93 bits per heavy atom. The summed E-state index contributed by atoms with van der Waals surface area (Å²) in [4.78, 5) is 12.5. The highest BCUT2D eigenvalue weighted by Gasteiger charge is 2.18. The van der Waals surface area contributed by atoms with Crippen LogP contribution < -0.4 is 5.32 Å². The van der Waals surface area contributed by atoms with Gasteiger partial charge in [-0.15, -0.1) is 0 Å². The van der Waals surface area contributed by atoms with E-state index in [0.29, 0.717) is 24.4 Å². The predicted octanol–water partition coefficient (Wildman–Crippen LogP) is 2.98. The van der Waals surface area contributed by atoms with Gasteiger partial charge in [0, 0.05) is 38.4 Å². The smallest absolute Gasteiger partial charge is 0.242 e. The molecule has 0 unspecified atom stereocenters. The highest BCUT2D eigenvalue weighted by molar-refractivity contribution is 7.89. The molecule has 1 heterocycles. The van der Waals surface area contributed by atoms with E-state index >= 15 is 0 Å². The molecule has 154 valence electrons. The zero-order valence-corrected chi connectivity index (χ0v) is 18.3. The van der Waals surface area contributed by atoms with E-state index in [4.69, 9.17) is 0 Å². The van der Waals surface area contributed by atoms with Crippen LogP contribution in [0.1, 0.15) is 37.2 Å². The van der Waals surface area contributed by atoms with Gasteiger partial charge in [0.05, 0.1) is 10.6 Å². The van der Waals surface area contributed by atoms with Crippen molar-refractivity contribution < 1.29 is 13.2 Å². The first-order valence-electron chi connectivity index (χ1n) is 9.37. The third-order valence-corrected chi connectivity index (χ3v) is 6.38. The summed E-state index contributed by atoms with van der Waals surface area (Å²) in [5, 5.41) is 7.37. The summed E-state index contributed by atoms with van der Waals surface area (Å²) < 4.78 is 27.6. The number of carbonyl (C=O) groups is 1. The Balaban J connectivity index is 2.05. The van der Waals surface area contributed by atoms with Gasteiger partial charge >= 0.3 is 0 Å². The number of hydrogen-bond donors (Lipinski definition) is 1. The first kappa shape index (κ1) is 22.1. The summed E-state index contributed by atoms with van der Waals surface area (Å²) in [7, 11) is -0.584. The van der Waals surface area contributed by atoms with E-state index < -0.39 is 10.0 Å². The third-order valence-electron chi connectivity index (χ3n) is 4.57. The SMILES string of the molecule is Cc1nn(CC(C)C)c(C)c1CCC(=O)Nc1cccc(S(=O)(=O)N(C)C)c1. The fourth-order valence-electron chi connectivity index (χ4n) is 3.03. The van der Waals surface area contributed by atoms with Gasteiger partial charge in [-0.05, 0) is 49.9 Å². The molecule has 0 saturated carbocycles. The van der Waals surface area contributed by atoms with Crippen LogP contribution in [0, 0.1) is 19.8 Å². The molecule has 0 spiro atoms. The summed E-state index contributed by atoms with van der Waals surface area (Å²) in [5.41, 5.74) is 3.61. The number of nitrogens with one attached hydrogen (secondary N) is 1. The lowest BCUT2D eigenvalue weighted by molar-refractivity contribution is -0.116. The largest absolute Gasteiger partial charge is 0.326 e. The average molecular weight is 407 g/mol. The number of rotatable bonds is 8. The lowest BCUT2D eigenvalue weighted by atomic mass is 10.1. The van der Waals surface area contributed by atoms with Crippen molar-refractivity contribution in [1.29, 1.82) is 0 Å². The van der Waals surface area contributed by atoms with Gasteiger partial charge in [-0.25, -0.2) is 12.7 Å². The van der Waals surface area contributed by atoms with Crippen molar-refractivity contribution in [2.45, 2.75) is 52.0 Å². The molecule has 0 aliphatic rings. The predicted molar refractivity (Wildman–Crippen MR) is 111 cm³/mol. The molecule has 28 heavy (non-hydrogen) atoms. The first-order valence-corrected chi connectivity index (χ1v) is 10.8. The van der Waals surface area contributed by atoms with Crippen LogP contribution in [-0.2, 0) is 27.8 Å². The number of aromatic nitrogens is 2. The van der Waals surface area contributed by atoms with Crippen molar-refractivity contribution in [3.63, 3.8) is 0 Å². The Labute approximate surface area is 167 Å². The second-order valence-corrected chi connectivity index (χ2v) is 9.74. The molecule has 1 aromatic heterocycles. The normalized spacial score (nSPS) is 12.0. The van der Waals surface area contributed by atoms with Crippen molar-refractivity contribution in [2.24, 2.45) is 5.92 Å². The zero-order valence-electron chi connectivity index (χ0n) is 17.5. The van der Waals surface area contributed by atoms with Crippen LogP contribution in [-0.4, -0.2) is 42.5 Å². The lowest BCUT2D eigenvalue weighted by Gasteiger charge is -2.12. The van der Waals surface area contributed by atoms with Crippen molar-refractivity contribution >= 4 is 21.6 Å².